The summed E-state index contributed by atoms with van der Waals surface area (Å²) in [5.41, 5.74) is 0. The van der Waals surface area contributed by atoms with Crippen LogP contribution in [0.1, 0.15) is 19.3 Å². The molecule has 1 aromatic rings. The van der Waals surface area contributed by atoms with Gasteiger partial charge in [0.2, 0.25) is 5.91 Å². The van der Waals surface area contributed by atoms with Crippen LogP contribution >= 0.6 is 11.3 Å². The van der Waals surface area contributed by atoms with Gasteiger partial charge in [-0.2, -0.15) is 0 Å². The first-order valence-corrected chi connectivity index (χ1v) is 6.96. The minimum absolute atomic E-state index is 0.118. The van der Waals surface area contributed by atoms with Gasteiger partial charge in [0.25, 0.3) is 0 Å². The second-order valence-electron chi connectivity index (χ2n) is 5.03. The standard InChI is InChI=1S/C12H14N2O3S/c15-10(14-12-13-3-4-18-12)8-6-1-2-7(5-6)9(8)11(16)17/h3-4,6-9H,1-2,5H2,(H,16,17)(H,13,14,15)/p-1/t6-,7+,8+,9+/m0/s1. The van der Waals surface area contributed by atoms with E-state index in [2.05, 4.69) is 10.3 Å². The fourth-order valence-corrected chi connectivity index (χ4v) is 4.01. The van der Waals surface area contributed by atoms with Crippen LogP contribution in [0.25, 0.3) is 0 Å². The van der Waals surface area contributed by atoms with Gasteiger partial charge in [-0.05, 0) is 31.1 Å². The molecule has 1 N–H and O–H groups in total. The number of nitrogens with zero attached hydrogens (tertiary/aromatic N) is 1. The highest BCUT2D eigenvalue weighted by Crippen LogP contribution is 2.52. The number of aliphatic carboxylic acids is 1. The van der Waals surface area contributed by atoms with E-state index in [1.807, 2.05) is 0 Å². The monoisotopic (exact) mass is 265 g/mol. The molecule has 0 aliphatic heterocycles. The third-order valence-electron chi connectivity index (χ3n) is 4.15. The molecular formula is C12H13N2O3S-. The molecule has 2 aliphatic rings. The maximum atomic E-state index is 12.2. The van der Waals surface area contributed by atoms with E-state index in [0.717, 1.165) is 19.3 Å². The molecule has 0 aromatic carbocycles. The number of carboxylic acid groups (broad SMARTS) is 1. The summed E-state index contributed by atoms with van der Waals surface area (Å²) in [5.74, 6) is -2.06. The van der Waals surface area contributed by atoms with Gasteiger partial charge in [0, 0.05) is 29.4 Å². The molecule has 0 unspecified atom stereocenters. The predicted octanol–water partition coefficient (Wildman–Crippen LogP) is 0.494. The van der Waals surface area contributed by atoms with Gasteiger partial charge in [-0.15, -0.1) is 11.3 Å². The number of hydrogen-bond donors (Lipinski definition) is 1. The van der Waals surface area contributed by atoms with Crippen LogP contribution in [0.2, 0.25) is 0 Å². The molecule has 18 heavy (non-hydrogen) atoms. The van der Waals surface area contributed by atoms with Crippen molar-refractivity contribution in [1.82, 2.24) is 4.98 Å². The third-order valence-corrected chi connectivity index (χ3v) is 4.84. The molecule has 4 atom stereocenters. The van der Waals surface area contributed by atoms with E-state index in [1.54, 1.807) is 11.6 Å². The Labute approximate surface area is 108 Å². The number of rotatable bonds is 3. The summed E-state index contributed by atoms with van der Waals surface area (Å²) in [6, 6.07) is 0. The molecular weight excluding hydrogens is 252 g/mol. The number of fused-ring (bicyclic) bond motifs is 2. The van der Waals surface area contributed by atoms with Gasteiger partial charge in [-0.1, -0.05) is 0 Å². The van der Waals surface area contributed by atoms with Gasteiger partial charge in [-0.25, -0.2) is 4.98 Å². The smallest absolute Gasteiger partial charge is 0.230 e. The maximum Gasteiger partial charge on any atom is 0.230 e. The SMILES string of the molecule is O=C([O-])[C@@H]1[C@@H]2CC[C@@H](C2)[C@H]1C(=O)Nc1nccs1. The average molecular weight is 265 g/mol. The lowest BCUT2D eigenvalue weighted by atomic mass is 9.79. The van der Waals surface area contributed by atoms with E-state index < -0.39 is 17.8 Å². The number of thiazole rings is 1. The summed E-state index contributed by atoms with van der Waals surface area (Å²) < 4.78 is 0. The van der Waals surface area contributed by atoms with Gasteiger partial charge < -0.3 is 15.2 Å². The first-order valence-electron chi connectivity index (χ1n) is 6.08. The number of anilines is 1. The van der Waals surface area contributed by atoms with E-state index in [1.165, 1.54) is 11.3 Å². The largest absolute Gasteiger partial charge is 0.550 e. The lowest BCUT2D eigenvalue weighted by Crippen LogP contribution is -2.43. The van der Waals surface area contributed by atoms with Crippen LogP contribution in [-0.2, 0) is 9.59 Å². The van der Waals surface area contributed by atoms with Crippen molar-refractivity contribution in [3.63, 3.8) is 0 Å². The molecule has 5 nitrogen and oxygen atoms in total. The van der Waals surface area contributed by atoms with E-state index in [9.17, 15) is 14.7 Å². The molecule has 2 bridgehead atoms. The molecule has 2 saturated carbocycles. The Bertz CT molecular complexity index is 474. The number of amides is 1. The molecule has 0 spiro atoms. The Morgan fingerprint density at radius 3 is 2.67 bits per heavy atom. The summed E-state index contributed by atoms with van der Waals surface area (Å²) in [5, 5.41) is 16.2. The average Bonchev–Trinajstić information content (AvgIpc) is 3.03. The Hall–Kier alpha value is -1.43. The Morgan fingerprint density at radius 2 is 2.06 bits per heavy atom. The quantitative estimate of drug-likeness (QED) is 0.862. The fourth-order valence-electron chi connectivity index (χ4n) is 3.48. The normalized spacial score (nSPS) is 33.6. The molecule has 0 saturated heterocycles. The van der Waals surface area contributed by atoms with Crippen LogP contribution in [0.4, 0.5) is 5.13 Å². The Balaban J connectivity index is 1.78. The van der Waals surface area contributed by atoms with E-state index >= 15 is 0 Å². The number of nitrogens with one attached hydrogen (secondary N) is 1. The van der Waals surface area contributed by atoms with Gasteiger partial charge in [-0.3, -0.25) is 4.79 Å². The molecule has 96 valence electrons. The maximum absolute atomic E-state index is 12.2. The van der Waals surface area contributed by atoms with Gasteiger partial charge in [0.15, 0.2) is 5.13 Å². The number of hydrogen-bond acceptors (Lipinski definition) is 5. The van der Waals surface area contributed by atoms with Crippen LogP contribution in [0.5, 0.6) is 0 Å². The van der Waals surface area contributed by atoms with Gasteiger partial charge in [0.05, 0.1) is 0 Å². The zero-order chi connectivity index (χ0) is 12.7. The zero-order valence-corrected chi connectivity index (χ0v) is 10.5. The Kier molecular flexibility index (Phi) is 2.81. The van der Waals surface area contributed by atoms with Crippen molar-refractivity contribution in [3.05, 3.63) is 11.6 Å². The van der Waals surface area contributed by atoms with Crippen molar-refractivity contribution >= 4 is 28.3 Å². The van der Waals surface area contributed by atoms with Crippen LogP contribution in [0.15, 0.2) is 11.6 Å². The predicted molar refractivity (Wildman–Crippen MR) is 63.6 cm³/mol. The molecule has 1 aromatic heterocycles. The highest BCUT2D eigenvalue weighted by molar-refractivity contribution is 7.13. The van der Waals surface area contributed by atoms with Crippen molar-refractivity contribution in [2.75, 3.05) is 5.32 Å². The Morgan fingerprint density at radius 1 is 1.33 bits per heavy atom. The number of carbonyl (C=O) groups excluding carboxylic acids is 2. The van der Waals surface area contributed by atoms with Gasteiger partial charge >= 0.3 is 0 Å². The summed E-state index contributed by atoms with van der Waals surface area (Å²) in [4.78, 5) is 27.4. The van der Waals surface area contributed by atoms with Crippen LogP contribution in [-0.4, -0.2) is 16.9 Å². The third kappa shape index (κ3) is 1.80. The minimum atomic E-state index is -1.08. The zero-order valence-electron chi connectivity index (χ0n) is 9.67. The number of carboxylic acids is 1. The van der Waals surface area contributed by atoms with Crippen molar-refractivity contribution < 1.29 is 14.7 Å². The number of aromatic nitrogens is 1. The number of carbonyl (C=O) groups is 2. The van der Waals surface area contributed by atoms with Crippen molar-refractivity contribution in [2.45, 2.75) is 19.3 Å². The van der Waals surface area contributed by atoms with Crippen molar-refractivity contribution in [3.8, 4) is 0 Å². The molecule has 1 heterocycles. The van der Waals surface area contributed by atoms with Crippen LogP contribution in [0.3, 0.4) is 0 Å². The lowest BCUT2D eigenvalue weighted by molar-refractivity contribution is -0.314. The molecule has 0 radical (unpaired) electrons. The molecule has 6 heteroatoms. The van der Waals surface area contributed by atoms with Crippen LogP contribution < -0.4 is 10.4 Å². The van der Waals surface area contributed by atoms with Crippen molar-refractivity contribution in [2.24, 2.45) is 23.7 Å². The molecule has 3 rings (SSSR count). The van der Waals surface area contributed by atoms with Crippen molar-refractivity contribution in [1.29, 1.82) is 0 Å². The topological polar surface area (TPSA) is 82.1 Å². The second-order valence-corrected chi connectivity index (χ2v) is 5.92. The first-order chi connectivity index (χ1) is 8.66. The van der Waals surface area contributed by atoms with Gasteiger partial charge in [0.1, 0.15) is 0 Å². The summed E-state index contributed by atoms with van der Waals surface area (Å²) in [7, 11) is 0. The highest BCUT2D eigenvalue weighted by atomic mass is 32.1. The summed E-state index contributed by atoms with van der Waals surface area (Å²) in [6.07, 6.45) is 4.31. The summed E-state index contributed by atoms with van der Waals surface area (Å²) >= 11 is 1.33. The first kappa shape index (κ1) is 11.6. The fraction of sp³-hybridized carbons (Fsp3) is 0.583. The van der Waals surface area contributed by atoms with E-state index in [4.69, 9.17) is 0 Å². The lowest BCUT2D eigenvalue weighted by Gasteiger charge is -2.30. The van der Waals surface area contributed by atoms with Crippen LogP contribution in [0, 0.1) is 23.7 Å². The molecule has 2 aliphatic carbocycles. The molecule has 1 amide bonds. The highest BCUT2D eigenvalue weighted by Gasteiger charge is 2.51. The molecule has 2 fully saturated rings. The van der Waals surface area contributed by atoms with E-state index in [-0.39, 0.29) is 17.7 Å². The second kappa shape index (κ2) is 4.35. The summed E-state index contributed by atoms with van der Waals surface area (Å²) in [6.45, 7) is 0. The minimum Gasteiger partial charge on any atom is -0.550 e. The van der Waals surface area contributed by atoms with E-state index in [0.29, 0.717) is 5.13 Å².